The summed E-state index contributed by atoms with van der Waals surface area (Å²) in [6.45, 7) is 0. The summed E-state index contributed by atoms with van der Waals surface area (Å²) < 4.78 is 187. The molecule has 0 saturated carbocycles. The number of nitrogens with zero attached hydrogens (tertiary/aromatic N) is 5. The van der Waals surface area contributed by atoms with Gasteiger partial charge in [0.05, 0.1) is 49.5 Å². The van der Waals surface area contributed by atoms with Crippen molar-refractivity contribution in [3.63, 3.8) is 0 Å². The average Bonchev–Trinajstić information content (AvgIpc) is 4.32. The van der Waals surface area contributed by atoms with Crippen LogP contribution < -0.4 is 0 Å². The van der Waals surface area contributed by atoms with Crippen LogP contribution >= 0.6 is 0 Å². The Morgan fingerprint density at radius 2 is 0.930 bits per heavy atom. The molecule has 0 radical (unpaired) electrons. The van der Waals surface area contributed by atoms with Gasteiger partial charge in [0, 0.05) is 37.9 Å². The molecule has 0 unspecified atom stereocenters. The lowest BCUT2D eigenvalue weighted by Gasteiger charge is -2.13. The van der Waals surface area contributed by atoms with Crippen LogP contribution in [0.25, 0.3) is 111 Å². The second-order valence-corrected chi connectivity index (χ2v) is 13.0. The van der Waals surface area contributed by atoms with Crippen LogP contribution in [0.2, 0.25) is 0 Å². The Bertz CT molecular complexity index is 4600. The van der Waals surface area contributed by atoms with Gasteiger partial charge < -0.3 is 4.42 Å². The quantitative estimate of drug-likeness (QED) is 0.176. The van der Waals surface area contributed by atoms with Crippen molar-refractivity contribution in [1.82, 2.24) is 24.1 Å². The van der Waals surface area contributed by atoms with Gasteiger partial charge in [-0.25, -0.2) is 0 Å². The number of hydrogen-bond acceptors (Lipinski definition) is 4. The zero-order valence-corrected chi connectivity index (χ0v) is 29.0. The van der Waals surface area contributed by atoms with Crippen LogP contribution in [-0.4, -0.2) is 24.1 Å². The van der Waals surface area contributed by atoms with Crippen LogP contribution in [0.5, 0.6) is 0 Å². The molecule has 6 nitrogen and oxygen atoms in total. The van der Waals surface area contributed by atoms with Crippen molar-refractivity contribution in [3.8, 4) is 45.5 Å². The molecule has 266 valence electrons. The minimum atomic E-state index is -0.824. The molecule has 6 heteroatoms. The van der Waals surface area contributed by atoms with Crippen molar-refractivity contribution in [1.29, 1.82) is 0 Å². The molecule has 0 aliphatic carbocycles. The van der Waals surface area contributed by atoms with E-state index in [0.717, 1.165) is 31.0 Å². The number of rotatable bonds is 5. The second kappa shape index (κ2) is 12.3. The molecule has 0 fully saturated rings. The largest absolute Gasteiger partial charge is 0.456 e. The van der Waals surface area contributed by atoms with E-state index >= 15 is 0 Å². The number of furan rings is 1. The second-order valence-electron chi connectivity index (χ2n) is 13.0. The summed E-state index contributed by atoms with van der Waals surface area (Å²) in [5.74, 6) is -1.38. The van der Waals surface area contributed by atoms with Gasteiger partial charge >= 0.3 is 0 Å². The third kappa shape index (κ3) is 4.94. The molecule has 0 aliphatic heterocycles. The van der Waals surface area contributed by atoms with E-state index in [1.165, 1.54) is 0 Å². The van der Waals surface area contributed by atoms with Crippen LogP contribution in [0.15, 0.2) is 192 Å². The monoisotopic (exact) mass is 749 g/mol. The van der Waals surface area contributed by atoms with E-state index in [4.69, 9.17) is 37.2 Å². The predicted octanol–water partition coefficient (Wildman–Crippen LogP) is 13.0. The standard InChI is InChI=1S/C51H31N5O/c1-2-12-32(13-3-1)36-26-28-40-39-16-6-10-20-45(39)56(46(40)31-36)51-53-49(52-50(54-51)55-43-18-8-4-14-37(43)38-15-5-9-19-44(38)55)34-24-22-33(23-25-34)35-27-29-48-42(30-35)41-17-7-11-21-47(41)57-48/h1-31H/i1D,2D,3D,4D,5D,6D,8D,9D,10D,12D,13D,14D,15D,16D,18D,19D,20D,26D,28D,31D. The number of fused-ring (bicyclic) bond motifs is 9. The van der Waals surface area contributed by atoms with Crippen LogP contribution in [0.3, 0.4) is 0 Å². The first-order valence-corrected chi connectivity index (χ1v) is 17.5. The first kappa shape index (κ1) is 17.8. The minimum absolute atomic E-state index is 0.235. The van der Waals surface area contributed by atoms with Crippen LogP contribution in [0.1, 0.15) is 27.4 Å². The number of benzene rings is 8. The van der Waals surface area contributed by atoms with Gasteiger partial charge in [-0.1, -0.05) is 145 Å². The van der Waals surface area contributed by atoms with E-state index in [-0.39, 0.29) is 38.6 Å². The lowest BCUT2D eigenvalue weighted by Crippen LogP contribution is -2.10. The molecule has 0 atom stereocenters. The molecular formula is C51H31N5O. The molecule has 0 spiro atoms. The molecule has 0 amide bonds. The molecular weight excluding hydrogens is 699 g/mol. The van der Waals surface area contributed by atoms with Gasteiger partial charge in [-0.05, 0) is 64.6 Å². The third-order valence-electron chi connectivity index (χ3n) is 9.81. The van der Waals surface area contributed by atoms with E-state index < -0.39 is 160 Å². The van der Waals surface area contributed by atoms with Crippen molar-refractivity contribution in [2.24, 2.45) is 0 Å². The maximum absolute atomic E-state index is 9.85. The van der Waals surface area contributed by atoms with Crippen molar-refractivity contribution < 1.29 is 31.8 Å². The van der Waals surface area contributed by atoms with Gasteiger partial charge in [-0.2, -0.15) is 15.0 Å². The van der Waals surface area contributed by atoms with E-state index in [9.17, 15) is 9.60 Å². The van der Waals surface area contributed by atoms with Crippen molar-refractivity contribution >= 4 is 65.6 Å². The summed E-state index contributed by atoms with van der Waals surface area (Å²) in [7, 11) is 0. The molecule has 12 aromatic rings. The van der Waals surface area contributed by atoms with Gasteiger partial charge in [0.25, 0.3) is 0 Å². The first-order valence-electron chi connectivity index (χ1n) is 27.5. The number of hydrogen-bond donors (Lipinski definition) is 0. The summed E-state index contributed by atoms with van der Waals surface area (Å²) >= 11 is 0. The highest BCUT2D eigenvalue weighted by molar-refractivity contribution is 6.11. The fraction of sp³-hybridized carbons (Fsp3) is 0. The maximum Gasteiger partial charge on any atom is 0.240 e. The van der Waals surface area contributed by atoms with Crippen molar-refractivity contribution in [2.45, 2.75) is 0 Å². The number of aromatic nitrogens is 5. The van der Waals surface area contributed by atoms with Gasteiger partial charge in [0.2, 0.25) is 11.9 Å². The topological polar surface area (TPSA) is 61.7 Å². The van der Waals surface area contributed by atoms with Gasteiger partial charge in [-0.15, -0.1) is 0 Å². The average molecular weight is 750 g/mol. The molecule has 0 N–H and O–H groups in total. The number of para-hydroxylation sites is 4. The Balaban J connectivity index is 1.24. The van der Waals surface area contributed by atoms with Crippen molar-refractivity contribution in [2.75, 3.05) is 0 Å². The smallest absolute Gasteiger partial charge is 0.240 e. The zero-order valence-electron chi connectivity index (χ0n) is 49.0. The molecule has 8 aromatic carbocycles. The molecule has 0 bridgehead atoms. The molecule has 4 heterocycles. The first-order chi connectivity index (χ1) is 36.6. The lowest BCUT2D eigenvalue weighted by atomic mass is 10.0. The highest BCUT2D eigenvalue weighted by atomic mass is 16.3. The Kier molecular flexibility index (Phi) is 3.85. The summed E-state index contributed by atoms with van der Waals surface area (Å²) in [5.41, 5.74) is 0.128. The van der Waals surface area contributed by atoms with Crippen LogP contribution in [-0.2, 0) is 0 Å². The van der Waals surface area contributed by atoms with E-state index in [2.05, 4.69) is 0 Å². The molecule has 0 aliphatic rings. The minimum Gasteiger partial charge on any atom is -0.456 e. The Hall–Kier alpha value is -7.83. The fourth-order valence-corrected chi connectivity index (χ4v) is 7.23. The van der Waals surface area contributed by atoms with Gasteiger partial charge in [0.1, 0.15) is 11.2 Å². The lowest BCUT2D eigenvalue weighted by molar-refractivity contribution is 0.669. The van der Waals surface area contributed by atoms with Gasteiger partial charge in [-0.3, -0.25) is 9.13 Å². The Labute approximate surface area is 354 Å². The maximum atomic E-state index is 9.85. The van der Waals surface area contributed by atoms with Crippen LogP contribution in [0, 0.1) is 0 Å². The highest BCUT2D eigenvalue weighted by Gasteiger charge is 2.21. The summed E-state index contributed by atoms with van der Waals surface area (Å²) in [4.78, 5) is 14.4. The zero-order chi connectivity index (χ0) is 54.9. The molecule has 4 aromatic heterocycles. The van der Waals surface area contributed by atoms with Crippen molar-refractivity contribution in [3.05, 3.63) is 188 Å². The summed E-state index contributed by atoms with van der Waals surface area (Å²) in [5, 5.41) is 0.315. The normalized spacial score (nSPS) is 16.8. The Morgan fingerprint density at radius 1 is 0.386 bits per heavy atom. The Morgan fingerprint density at radius 3 is 1.61 bits per heavy atom. The van der Waals surface area contributed by atoms with E-state index in [1.807, 2.05) is 42.5 Å². The van der Waals surface area contributed by atoms with E-state index in [1.54, 1.807) is 24.3 Å². The molecule has 0 saturated heterocycles. The van der Waals surface area contributed by atoms with E-state index in [0.29, 0.717) is 11.2 Å². The van der Waals surface area contributed by atoms with Gasteiger partial charge in [0.15, 0.2) is 5.82 Å². The third-order valence-corrected chi connectivity index (χ3v) is 9.81. The SMILES string of the molecule is [2H]c1c([2H])c([2H])c(-c2c([2H])c([2H])c3c4c([2H])c([2H])c([2H])c([2H])c4n(-c4nc(-c5ccc(-c6ccc7oc8ccccc8c7c6)cc5)nc(-n5c6c([2H])c([2H])c([2H])c([2H])c6c6c([2H])c([2H])c([2H])c([2H])c65)n4)c3c2[2H])c([2H])c1[2H]. The predicted molar refractivity (Wildman–Crippen MR) is 232 cm³/mol. The summed E-state index contributed by atoms with van der Waals surface area (Å²) in [6, 6.07) is 4.91. The summed E-state index contributed by atoms with van der Waals surface area (Å²) in [6.07, 6.45) is 0. The molecule has 57 heavy (non-hydrogen) atoms. The molecule has 12 rings (SSSR count). The highest BCUT2D eigenvalue weighted by Crippen LogP contribution is 2.37. The fourth-order valence-electron chi connectivity index (χ4n) is 7.23. The van der Waals surface area contributed by atoms with Crippen LogP contribution in [0.4, 0.5) is 0 Å².